The maximum Gasteiger partial charge on any atom is 0.337 e. The molecule has 0 aliphatic heterocycles. The van der Waals surface area contributed by atoms with Gasteiger partial charge in [-0.25, -0.2) is 4.79 Å². The summed E-state index contributed by atoms with van der Waals surface area (Å²) in [6.07, 6.45) is 7.05. The molecule has 1 N–H and O–H groups in total. The van der Waals surface area contributed by atoms with Crippen LogP contribution in [0.4, 0.5) is 0 Å². The number of pyridine rings is 2. The van der Waals surface area contributed by atoms with Crippen LogP contribution in [0.25, 0.3) is 11.4 Å². The van der Waals surface area contributed by atoms with Gasteiger partial charge in [-0.15, -0.1) is 6.42 Å². The first-order valence-corrected chi connectivity index (χ1v) is 6.89. The standard InChI is InChI=1S/C18H16N2O3/c1-4-9-23-18(22)13(3)17(21)14-6-8-20-16(11-14)15-10-12(2)5-7-19-15/h1,5-8,10-11,17,21H,3,9H2,2H3. The lowest BCUT2D eigenvalue weighted by Gasteiger charge is -2.13. The summed E-state index contributed by atoms with van der Waals surface area (Å²) in [5.41, 5.74) is 2.70. The maximum absolute atomic E-state index is 11.7. The summed E-state index contributed by atoms with van der Waals surface area (Å²) in [6.45, 7) is 5.36. The van der Waals surface area contributed by atoms with E-state index >= 15 is 0 Å². The number of carbonyl (C=O) groups excluding carboxylic acids is 1. The lowest BCUT2D eigenvalue weighted by molar-refractivity contribution is -0.138. The molecule has 2 aromatic rings. The van der Waals surface area contributed by atoms with Gasteiger partial charge in [0.25, 0.3) is 0 Å². The molecule has 5 nitrogen and oxygen atoms in total. The highest BCUT2D eigenvalue weighted by Crippen LogP contribution is 2.24. The number of aliphatic hydroxyl groups is 1. The van der Waals surface area contributed by atoms with Gasteiger partial charge in [-0.3, -0.25) is 9.97 Å². The fourth-order valence-corrected chi connectivity index (χ4v) is 1.95. The van der Waals surface area contributed by atoms with Crippen LogP contribution in [0.2, 0.25) is 0 Å². The lowest BCUT2D eigenvalue weighted by Crippen LogP contribution is -2.14. The second-order valence-corrected chi connectivity index (χ2v) is 4.90. The quantitative estimate of drug-likeness (QED) is 0.521. The largest absolute Gasteiger partial charge is 0.449 e. The molecule has 0 spiro atoms. The molecule has 5 heteroatoms. The summed E-state index contributed by atoms with van der Waals surface area (Å²) < 4.78 is 4.76. The Balaban J connectivity index is 2.24. The van der Waals surface area contributed by atoms with Gasteiger partial charge in [0.2, 0.25) is 0 Å². The smallest absolute Gasteiger partial charge is 0.337 e. The molecule has 23 heavy (non-hydrogen) atoms. The molecule has 2 aromatic heterocycles. The van der Waals surface area contributed by atoms with Crippen LogP contribution in [0.15, 0.2) is 48.8 Å². The SMILES string of the molecule is C#CCOC(=O)C(=C)C(O)c1ccnc(-c2cc(C)ccn2)c1. The highest BCUT2D eigenvalue weighted by Gasteiger charge is 2.20. The van der Waals surface area contributed by atoms with Crippen LogP contribution < -0.4 is 0 Å². The van der Waals surface area contributed by atoms with Crippen LogP contribution in [0.3, 0.4) is 0 Å². The van der Waals surface area contributed by atoms with Crippen LogP contribution in [-0.4, -0.2) is 27.7 Å². The van der Waals surface area contributed by atoms with Crippen molar-refractivity contribution in [2.24, 2.45) is 0 Å². The number of esters is 1. The van der Waals surface area contributed by atoms with Crippen LogP contribution in [0, 0.1) is 19.3 Å². The highest BCUT2D eigenvalue weighted by atomic mass is 16.5. The number of nitrogens with zero attached hydrogens (tertiary/aromatic N) is 2. The van der Waals surface area contributed by atoms with Crippen molar-refractivity contribution in [2.45, 2.75) is 13.0 Å². The highest BCUT2D eigenvalue weighted by molar-refractivity contribution is 5.89. The number of aliphatic hydroxyl groups excluding tert-OH is 1. The summed E-state index contributed by atoms with van der Waals surface area (Å²) >= 11 is 0. The summed E-state index contributed by atoms with van der Waals surface area (Å²) in [4.78, 5) is 20.2. The van der Waals surface area contributed by atoms with Gasteiger partial charge >= 0.3 is 5.97 Å². The number of ether oxygens (including phenoxy) is 1. The number of hydrogen-bond donors (Lipinski definition) is 1. The van der Waals surface area contributed by atoms with Crippen LogP contribution >= 0.6 is 0 Å². The molecule has 1 atom stereocenters. The predicted octanol–water partition coefficient (Wildman–Crippen LogP) is 2.22. The molecular formula is C18H16N2O3. The van der Waals surface area contributed by atoms with Gasteiger partial charge in [-0.05, 0) is 42.3 Å². The third-order valence-electron chi connectivity index (χ3n) is 3.16. The number of carbonyl (C=O) groups is 1. The molecule has 0 saturated heterocycles. The van der Waals surface area contributed by atoms with Gasteiger partial charge in [-0.1, -0.05) is 12.5 Å². The van der Waals surface area contributed by atoms with Crippen molar-refractivity contribution in [1.82, 2.24) is 9.97 Å². The summed E-state index contributed by atoms with van der Waals surface area (Å²) in [7, 11) is 0. The van der Waals surface area contributed by atoms with Crippen molar-refractivity contribution in [3.63, 3.8) is 0 Å². The fraction of sp³-hybridized carbons (Fsp3) is 0.167. The monoisotopic (exact) mass is 308 g/mol. The van der Waals surface area contributed by atoms with E-state index < -0.39 is 12.1 Å². The Morgan fingerprint density at radius 3 is 2.65 bits per heavy atom. The Kier molecular flexibility index (Phi) is 5.23. The number of hydrogen-bond acceptors (Lipinski definition) is 5. The number of aromatic nitrogens is 2. The molecule has 2 heterocycles. The van der Waals surface area contributed by atoms with E-state index in [1.165, 1.54) is 6.20 Å². The van der Waals surface area contributed by atoms with E-state index in [1.807, 2.05) is 19.1 Å². The van der Waals surface area contributed by atoms with Crippen LogP contribution in [0.5, 0.6) is 0 Å². The van der Waals surface area contributed by atoms with E-state index in [0.29, 0.717) is 17.0 Å². The van der Waals surface area contributed by atoms with Gasteiger partial charge in [0.15, 0.2) is 6.61 Å². The Hall–Kier alpha value is -2.97. The number of aryl methyl sites for hydroxylation is 1. The van der Waals surface area contributed by atoms with Crippen molar-refractivity contribution in [3.05, 3.63) is 59.9 Å². The number of terminal acetylenes is 1. The van der Waals surface area contributed by atoms with Gasteiger partial charge in [0.05, 0.1) is 17.0 Å². The molecule has 0 radical (unpaired) electrons. The molecule has 0 aromatic carbocycles. The van der Waals surface area contributed by atoms with Gasteiger partial charge in [0, 0.05) is 12.4 Å². The molecule has 0 bridgehead atoms. The second kappa shape index (κ2) is 7.34. The molecule has 0 amide bonds. The number of rotatable bonds is 5. The minimum atomic E-state index is -1.20. The molecule has 2 rings (SSSR count). The third-order valence-corrected chi connectivity index (χ3v) is 3.16. The van der Waals surface area contributed by atoms with E-state index in [1.54, 1.807) is 18.3 Å². The zero-order valence-corrected chi connectivity index (χ0v) is 12.7. The second-order valence-electron chi connectivity index (χ2n) is 4.90. The topological polar surface area (TPSA) is 72.3 Å². The molecule has 1 unspecified atom stereocenters. The fourth-order valence-electron chi connectivity index (χ4n) is 1.95. The van der Waals surface area contributed by atoms with Gasteiger partial charge in [0.1, 0.15) is 6.10 Å². The van der Waals surface area contributed by atoms with Crippen LogP contribution in [-0.2, 0) is 9.53 Å². The Morgan fingerprint density at radius 1 is 1.35 bits per heavy atom. The molecule has 0 fully saturated rings. The zero-order valence-electron chi connectivity index (χ0n) is 12.7. The lowest BCUT2D eigenvalue weighted by atomic mass is 10.0. The zero-order chi connectivity index (χ0) is 16.8. The first kappa shape index (κ1) is 16.4. The van der Waals surface area contributed by atoms with E-state index in [4.69, 9.17) is 11.2 Å². The minimum Gasteiger partial charge on any atom is -0.449 e. The van der Waals surface area contributed by atoms with E-state index in [0.717, 1.165) is 5.56 Å². The third kappa shape index (κ3) is 4.02. The normalized spacial score (nSPS) is 11.3. The van der Waals surface area contributed by atoms with Crippen molar-refractivity contribution in [2.75, 3.05) is 6.61 Å². The molecular weight excluding hydrogens is 292 g/mol. The summed E-state index contributed by atoms with van der Waals surface area (Å²) in [5.74, 6) is 1.45. The van der Waals surface area contributed by atoms with E-state index in [-0.39, 0.29) is 12.2 Å². The first-order chi connectivity index (χ1) is 11.0. The Bertz CT molecular complexity index is 778. The minimum absolute atomic E-state index is 0.0883. The van der Waals surface area contributed by atoms with E-state index in [9.17, 15) is 9.90 Å². The van der Waals surface area contributed by atoms with Gasteiger partial charge < -0.3 is 9.84 Å². The predicted molar refractivity (Wildman–Crippen MR) is 86.1 cm³/mol. The molecule has 0 saturated carbocycles. The summed E-state index contributed by atoms with van der Waals surface area (Å²) in [5, 5.41) is 10.3. The van der Waals surface area contributed by atoms with E-state index in [2.05, 4.69) is 22.5 Å². The molecule has 0 aliphatic rings. The Morgan fingerprint density at radius 2 is 2.00 bits per heavy atom. The van der Waals surface area contributed by atoms with Gasteiger partial charge in [-0.2, -0.15) is 0 Å². The molecule has 116 valence electrons. The van der Waals surface area contributed by atoms with Crippen LogP contribution in [0.1, 0.15) is 17.2 Å². The van der Waals surface area contributed by atoms with Crippen molar-refractivity contribution in [3.8, 4) is 23.7 Å². The summed E-state index contributed by atoms with van der Waals surface area (Å²) in [6, 6.07) is 7.02. The molecule has 0 aliphatic carbocycles. The first-order valence-electron chi connectivity index (χ1n) is 6.89. The Labute approximate surface area is 134 Å². The maximum atomic E-state index is 11.7. The average Bonchev–Trinajstić information content (AvgIpc) is 2.58. The van der Waals surface area contributed by atoms with Crippen molar-refractivity contribution in [1.29, 1.82) is 0 Å². The van der Waals surface area contributed by atoms with Crippen molar-refractivity contribution >= 4 is 5.97 Å². The van der Waals surface area contributed by atoms with Crippen molar-refractivity contribution < 1.29 is 14.6 Å². The average molecular weight is 308 g/mol.